The Kier molecular flexibility index (Phi) is 2.98. The molecule has 0 aliphatic rings. The summed E-state index contributed by atoms with van der Waals surface area (Å²) in [6.45, 7) is 0. The second-order valence-electron chi connectivity index (χ2n) is 2.60. The zero-order chi connectivity index (χ0) is 10.7. The molecule has 0 aliphatic carbocycles. The SMILES string of the molecule is NNC(=O)Cc1c(F)ccc(F)c1O. The van der Waals surface area contributed by atoms with Gasteiger partial charge in [0.05, 0.1) is 6.42 Å². The van der Waals surface area contributed by atoms with Crippen LogP contribution in [0.4, 0.5) is 8.78 Å². The van der Waals surface area contributed by atoms with E-state index in [4.69, 9.17) is 10.9 Å². The first-order valence-electron chi connectivity index (χ1n) is 3.71. The van der Waals surface area contributed by atoms with Crippen LogP contribution < -0.4 is 11.3 Å². The van der Waals surface area contributed by atoms with Crippen LogP contribution in [0, 0.1) is 11.6 Å². The Balaban J connectivity index is 3.06. The van der Waals surface area contributed by atoms with Crippen LogP contribution in [0.1, 0.15) is 5.56 Å². The molecule has 1 aromatic carbocycles. The number of benzene rings is 1. The van der Waals surface area contributed by atoms with Gasteiger partial charge in [0, 0.05) is 5.56 Å². The van der Waals surface area contributed by atoms with Gasteiger partial charge in [0.15, 0.2) is 11.6 Å². The lowest BCUT2D eigenvalue weighted by Crippen LogP contribution is -2.31. The van der Waals surface area contributed by atoms with Gasteiger partial charge < -0.3 is 5.11 Å². The quantitative estimate of drug-likeness (QED) is 0.364. The first-order chi connectivity index (χ1) is 6.56. The largest absolute Gasteiger partial charge is 0.505 e. The van der Waals surface area contributed by atoms with E-state index in [1.54, 1.807) is 5.43 Å². The molecule has 0 heterocycles. The van der Waals surface area contributed by atoms with E-state index in [-0.39, 0.29) is 0 Å². The third-order valence-corrected chi connectivity index (χ3v) is 1.67. The maximum Gasteiger partial charge on any atom is 0.238 e. The third kappa shape index (κ3) is 1.97. The molecule has 0 fully saturated rings. The molecule has 76 valence electrons. The van der Waals surface area contributed by atoms with Crippen LogP contribution in [-0.4, -0.2) is 11.0 Å². The molecule has 6 heteroatoms. The third-order valence-electron chi connectivity index (χ3n) is 1.67. The van der Waals surface area contributed by atoms with E-state index in [1.807, 2.05) is 0 Å². The molecule has 0 unspecified atom stereocenters. The van der Waals surface area contributed by atoms with E-state index in [2.05, 4.69) is 0 Å². The molecule has 0 radical (unpaired) electrons. The summed E-state index contributed by atoms with van der Waals surface area (Å²) in [6, 6.07) is 1.60. The van der Waals surface area contributed by atoms with Gasteiger partial charge in [-0.05, 0) is 12.1 Å². The van der Waals surface area contributed by atoms with E-state index in [9.17, 15) is 13.6 Å². The van der Waals surface area contributed by atoms with Gasteiger partial charge in [0.25, 0.3) is 0 Å². The van der Waals surface area contributed by atoms with Crippen LogP contribution in [0.2, 0.25) is 0 Å². The lowest BCUT2D eigenvalue weighted by atomic mass is 10.1. The highest BCUT2D eigenvalue weighted by Gasteiger charge is 2.15. The highest BCUT2D eigenvalue weighted by molar-refractivity contribution is 5.78. The molecule has 0 bridgehead atoms. The van der Waals surface area contributed by atoms with Crippen molar-refractivity contribution in [1.82, 2.24) is 5.43 Å². The van der Waals surface area contributed by atoms with E-state index in [0.29, 0.717) is 0 Å². The first-order valence-corrected chi connectivity index (χ1v) is 3.71. The minimum atomic E-state index is -0.980. The van der Waals surface area contributed by atoms with Crippen molar-refractivity contribution in [2.45, 2.75) is 6.42 Å². The number of hydrogen-bond acceptors (Lipinski definition) is 3. The predicted molar refractivity (Wildman–Crippen MR) is 44.1 cm³/mol. The van der Waals surface area contributed by atoms with Crippen LogP contribution in [0.25, 0.3) is 0 Å². The molecule has 4 nitrogen and oxygen atoms in total. The lowest BCUT2D eigenvalue weighted by molar-refractivity contribution is -0.120. The number of phenolic OH excluding ortho intramolecular Hbond substituents is 1. The van der Waals surface area contributed by atoms with E-state index in [0.717, 1.165) is 12.1 Å². The number of carbonyl (C=O) groups excluding carboxylic acids is 1. The Hall–Kier alpha value is -1.69. The van der Waals surface area contributed by atoms with Gasteiger partial charge in [-0.15, -0.1) is 0 Å². The molecule has 0 aliphatic heterocycles. The zero-order valence-corrected chi connectivity index (χ0v) is 7.05. The fraction of sp³-hybridized carbons (Fsp3) is 0.125. The summed E-state index contributed by atoms with van der Waals surface area (Å²) in [5.74, 6) is 1.34. The van der Waals surface area contributed by atoms with Gasteiger partial charge in [0.1, 0.15) is 5.82 Å². The summed E-state index contributed by atoms with van der Waals surface area (Å²) in [5.41, 5.74) is 1.34. The number of hydrazine groups is 1. The van der Waals surface area contributed by atoms with Gasteiger partial charge in [-0.2, -0.15) is 0 Å². The van der Waals surface area contributed by atoms with Crippen LogP contribution in [-0.2, 0) is 11.2 Å². The Morgan fingerprint density at radius 3 is 2.57 bits per heavy atom. The number of rotatable bonds is 2. The predicted octanol–water partition coefficient (Wildman–Crippen LogP) is 0.203. The van der Waals surface area contributed by atoms with Crippen molar-refractivity contribution < 1.29 is 18.7 Å². The molecule has 14 heavy (non-hydrogen) atoms. The monoisotopic (exact) mass is 202 g/mol. The van der Waals surface area contributed by atoms with Gasteiger partial charge in [-0.3, -0.25) is 10.2 Å². The Morgan fingerprint density at radius 1 is 1.43 bits per heavy atom. The lowest BCUT2D eigenvalue weighted by Gasteiger charge is -2.05. The van der Waals surface area contributed by atoms with Gasteiger partial charge in [-0.25, -0.2) is 14.6 Å². The Labute approximate surface area is 78.3 Å². The Bertz CT molecular complexity index is 369. The number of nitrogens with two attached hydrogens (primary N) is 1. The fourth-order valence-electron chi connectivity index (χ4n) is 0.963. The molecule has 1 rings (SSSR count). The average molecular weight is 202 g/mol. The van der Waals surface area contributed by atoms with Crippen molar-refractivity contribution >= 4 is 5.91 Å². The Morgan fingerprint density at radius 2 is 2.00 bits per heavy atom. The van der Waals surface area contributed by atoms with Gasteiger partial charge in [-0.1, -0.05) is 0 Å². The number of amides is 1. The summed E-state index contributed by atoms with van der Waals surface area (Å²) >= 11 is 0. The standard InChI is InChI=1S/C8H8F2N2O2/c9-5-1-2-6(10)8(14)4(5)3-7(13)12-11/h1-2,14H,3,11H2,(H,12,13). The molecule has 0 atom stereocenters. The molecular weight excluding hydrogens is 194 g/mol. The molecule has 4 N–H and O–H groups in total. The molecule has 0 saturated carbocycles. The van der Waals surface area contributed by atoms with Crippen LogP contribution in [0.15, 0.2) is 12.1 Å². The van der Waals surface area contributed by atoms with Crippen molar-refractivity contribution in [2.75, 3.05) is 0 Å². The average Bonchev–Trinajstić information content (AvgIpc) is 2.18. The number of carbonyl (C=O) groups is 1. The molecular formula is C8H8F2N2O2. The van der Waals surface area contributed by atoms with Crippen molar-refractivity contribution in [2.24, 2.45) is 5.84 Å². The topological polar surface area (TPSA) is 75.3 Å². The van der Waals surface area contributed by atoms with Gasteiger partial charge in [0.2, 0.25) is 5.91 Å². The summed E-state index contributed by atoms with van der Waals surface area (Å²) in [5, 5.41) is 9.09. The van der Waals surface area contributed by atoms with E-state index in [1.165, 1.54) is 0 Å². The van der Waals surface area contributed by atoms with Crippen LogP contribution in [0.5, 0.6) is 5.75 Å². The number of halogens is 2. The van der Waals surface area contributed by atoms with Crippen molar-refractivity contribution in [3.8, 4) is 5.75 Å². The zero-order valence-electron chi connectivity index (χ0n) is 7.05. The number of nitrogens with one attached hydrogen (secondary N) is 1. The molecule has 1 amide bonds. The van der Waals surface area contributed by atoms with Crippen molar-refractivity contribution in [3.63, 3.8) is 0 Å². The molecule has 0 aromatic heterocycles. The highest BCUT2D eigenvalue weighted by Crippen LogP contribution is 2.24. The molecule has 1 aromatic rings. The number of hydrogen-bond donors (Lipinski definition) is 3. The van der Waals surface area contributed by atoms with Crippen molar-refractivity contribution in [3.05, 3.63) is 29.3 Å². The molecule has 0 spiro atoms. The minimum Gasteiger partial charge on any atom is -0.505 e. The summed E-state index contributed by atoms with van der Waals surface area (Å²) < 4.78 is 25.7. The maximum atomic E-state index is 13.0. The van der Waals surface area contributed by atoms with Crippen LogP contribution >= 0.6 is 0 Å². The van der Waals surface area contributed by atoms with Gasteiger partial charge >= 0.3 is 0 Å². The number of phenols is 1. The van der Waals surface area contributed by atoms with Crippen molar-refractivity contribution in [1.29, 1.82) is 0 Å². The fourth-order valence-corrected chi connectivity index (χ4v) is 0.963. The normalized spacial score (nSPS) is 9.93. The summed E-state index contributed by atoms with van der Waals surface area (Å²) in [4.78, 5) is 10.8. The second-order valence-corrected chi connectivity index (χ2v) is 2.60. The summed E-state index contributed by atoms with van der Waals surface area (Å²) in [7, 11) is 0. The summed E-state index contributed by atoms with van der Waals surface area (Å²) in [6.07, 6.45) is -0.508. The first kappa shape index (κ1) is 10.4. The second kappa shape index (κ2) is 4.01. The number of aromatic hydroxyl groups is 1. The van der Waals surface area contributed by atoms with E-state index >= 15 is 0 Å². The van der Waals surface area contributed by atoms with Crippen LogP contribution in [0.3, 0.4) is 0 Å². The smallest absolute Gasteiger partial charge is 0.238 e. The maximum absolute atomic E-state index is 13.0. The van der Waals surface area contributed by atoms with E-state index < -0.39 is 35.3 Å². The molecule has 0 saturated heterocycles. The minimum absolute atomic E-state index is 0.409. The highest BCUT2D eigenvalue weighted by atomic mass is 19.1.